The molecule has 0 aliphatic carbocycles. The van der Waals surface area contributed by atoms with Crippen LogP contribution in [-0.4, -0.2) is 144 Å². The first-order chi connectivity index (χ1) is 40.1. The number of hydrogen-bond acceptors (Lipinski definition) is 17. The van der Waals surface area contributed by atoms with Gasteiger partial charge in [-0.05, 0) is 54.4 Å². The molecule has 11 heterocycles. The minimum atomic E-state index is -0.549. The van der Waals surface area contributed by atoms with E-state index in [1.54, 1.807) is 79.6 Å². The number of halogens is 4. The first kappa shape index (κ1) is 59.3. The van der Waals surface area contributed by atoms with Crippen molar-refractivity contribution >= 4 is 81.1 Å². The maximum atomic E-state index is 14.3. The third kappa shape index (κ3) is 14.3. The Balaban J connectivity index is 0.000000156. The SMILES string of the molecule is CC[C@@H]1CN(C(=O)OC(C)(C)C)CCN1c1cnc(C(=O)Nc2cc(F)c3nc(C)cn3c2)cn1.CC[C@@H]1CNCCN1c1cnc(C(=O)Nc2cc(F)c3nc(C)cn3c2)cn1.Cc1cn2cc(NC(=O)c3cnc(Cl)cn3)cc(F)c2n1. The fourth-order valence-corrected chi connectivity index (χ4v) is 9.46. The van der Waals surface area contributed by atoms with Crippen molar-refractivity contribution in [1.29, 1.82) is 0 Å². The predicted molar refractivity (Wildman–Crippen MR) is 308 cm³/mol. The molecule has 2 saturated heterocycles. The summed E-state index contributed by atoms with van der Waals surface area (Å²) in [5.41, 5.74) is 3.40. The standard InChI is InChI=1S/C24H30FN7O3.C19H22FN7O.C13H9ClFN5O/c1-6-17-14-30(23(34)35-24(3,4)5)7-8-32(17)20-11-26-19(10-27-20)22(33)29-16-9-18(25)21-28-15(2)12-31(21)13-16;1-3-14-7-21-4-5-27(14)17-9-22-16(8-23-17)19(28)25-13-6-15(20)18-24-12(2)10-26(18)11-13;1-7-5-20-6-8(2-9(15)12(20)18-7)19-13(21)10-3-17-11(14)4-16-10/h9-13,17H,6-8,14H2,1-5H3,(H,29,33);6,8-11,14,21H,3-5,7H2,1-2H3,(H,25,28);2-6H,1H3,(H,19,21)/t17-;14-;/m11./s1. The number of rotatable bonds is 10. The van der Waals surface area contributed by atoms with E-state index in [9.17, 15) is 32.3 Å². The zero-order valence-electron chi connectivity index (χ0n) is 47.2. The van der Waals surface area contributed by atoms with E-state index in [-0.39, 0.29) is 57.0 Å². The average Bonchev–Trinajstić information content (AvgIpc) is 3.92. The molecular weight excluding hydrogens is 1110 g/mol. The van der Waals surface area contributed by atoms with Crippen LogP contribution in [0.15, 0.2) is 92.6 Å². The van der Waals surface area contributed by atoms with E-state index in [0.29, 0.717) is 60.0 Å². The number of aryl methyl sites for hydroxylation is 3. The highest BCUT2D eigenvalue weighted by molar-refractivity contribution is 6.29. The molecule has 2 aliphatic rings. The van der Waals surface area contributed by atoms with Crippen molar-refractivity contribution in [1.82, 2.24) is 68.3 Å². The van der Waals surface area contributed by atoms with E-state index in [4.69, 9.17) is 16.3 Å². The van der Waals surface area contributed by atoms with Gasteiger partial charge in [0.25, 0.3) is 17.7 Å². The second-order valence-electron chi connectivity index (χ2n) is 20.8. The molecule has 9 aromatic rings. The fraction of sp³-hybridized carbons (Fsp3) is 0.339. The van der Waals surface area contributed by atoms with Crippen molar-refractivity contribution < 1.29 is 37.1 Å². The summed E-state index contributed by atoms with van der Waals surface area (Å²) >= 11 is 5.60. The smallest absolute Gasteiger partial charge is 0.410 e. The van der Waals surface area contributed by atoms with Gasteiger partial charge < -0.3 is 53.9 Å². The minimum absolute atomic E-state index is 0.0404. The van der Waals surface area contributed by atoms with E-state index in [1.165, 1.54) is 51.8 Å². The maximum Gasteiger partial charge on any atom is 0.410 e. The summed E-state index contributed by atoms with van der Waals surface area (Å²) in [5, 5.41) is 11.4. The van der Waals surface area contributed by atoms with Gasteiger partial charge in [-0.3, -0.25) is 14.4 Å². The van der Waals surface area contributed by atoms with Crippen LogP contribution < -0.4 is 31.1 Å². The summed E-state index contributed by atoms with van der Waals surface area (Å²) in [5.74, 6) is -1.63. The Bertz CT molecular complexity index is 3860. The molecule has 0 saturated carbocycles. The van der Waals surface area contributed by atoms with Crippen molar-refractivity contribution in [3.8, 4) is 0 Å². The molecule has 2 fully saturated rings. The highest BCUT2D eigenvalue weighted by atomic mass is 35.5. The number of aromatic nitrogens is 12. The quantitative estimate of drug-likeness (QED) is 0.101. The van der Waals surface area contributed by atoms with E-state index in [1.807, 2.05) is 27.7 Å². The monoisotopic (exact) mass is 1170 g/mol. The van der Waals surface area contributed by atoms with Crippen molar-refractivity contribution in [2.45, 2.75) is 85.9 Å². The van der Waals surface area contributed by atoms with Crippen LogP contribution in [0.3, 0.4) is 0 Å². The maximum absolute atomic E-state index is 14.3. The van der Waals surface area contributed by atoms with E-state index >= 15 is 0 Å². The Labute approximate surface area is 484 Å². The molecule has 438 valence electrons. The van der Waals surface area contributed by atoms with Crippen LogP contribution >= 0.6 is 11.6 Å². The summed E-state index contributed by atoms with van der Waals surface area (Å²) < 4.78 is 52.4. The number of amides is 4. The van der Waals surface area contributed by atoms with E-state index in [2.05, 4.69) is 82.8 Å². The zero-order valence-corrected chi connectivity index (χ0v) is 48.0. The lowest BCUT2D eigenvalue weighted by Gasteiger charge is -2.41. The molecule has 11 rings (SSSR count). The molecule has 0 spiro atoms. The number of pyridine rings is 3. The molecule has 0 bridgehead atoms. The van der Waals surface area contributed by atoms with Gasteiger partial charge in [-0.15, -0.1) is 0 Å². The molecule has 24 nitrogen and oxygen atoms in total. The van der Waals surface area contributed by atoms with Crippen molar-refractivity contribution in [3.63, 3.8) is 0 Å². The number of nitrogens with one attached hydrogen (secondary N) is 4. The predicted octanol–water partition coefficient (Wildman–Crippen LogP) is 8.15. The molecule has 28 heteroatoms. The highest BCUT2D eigenvalue weighted by Gasteiger charge is 2.32. The first-order valence-corrected chi connectivity index (χ1v) is 27.2. The molecular formula is C56H61ClF3N19O5. The summed E-state index contributed by atoms with van der Waals surface area (Å²) in [6.45, 7) is 19.3. The summed E-state index contributed by atoms with van der Waals surface area (Å²) in [6, 6.07) is 4.06. The van der Waals surface area contributed by atoms with Gasteiger partial charge in [-0.1, -0.05) is 25.4 Å². The third-order valence-corrected chi connectivity index (χ3v) is 13.5. The number of piperazine rings is 2. The Kier molecular flexibility index (Phi) is 17.9. The van der Waals surface area contributed by atoms with E-state index in [0.717, 1.165) is 38.3 Å². The fourth-order valence-electron chi connectivity index (χ4n) is 9.36. The van der Waals surface area contributed by atoms with Gasteiger partial charge in [0, 0.05) is 107 Å². The molecule has 0 unspecified atom stereocenters. The van der Waals surface area contributed by atoms with Gasteiger partial charge in [0.2, 0.25) is 0 Å². The van der Waals surface area contributed by atoms with Crippen LogP contribution in [0.4, 0.5) is 46.7 Å². The van der Waals surface area contributed by atoms with Crippen LogP contribution in [0.25, 0.3) is 16.9 Å². The van der Waals surface area contributed by atoms with Gasteiger partial charge in [-0.2, -0.15) is 0 Å². The molecule has 4 N–H and O–H groups in total. The summed E-state index contributed by atoms with van der Waals surface area (Å²) in [4.78, 5) is 92.9. The van der Waals surface area contributed by atoms with Crippen molar-refractivity contribution in [2.75, 3.05) is 65.0 Å². The Morgan fingerprint density at radius 3 is 1.38 bits per heavy atom. The zero-order chi connectivity index (χ0) is 60.0. The molecule has 0 aromatic carbocycles. The molecule has 2 aliphatic heterocycles. The number of carbonyl (C=O) groups excluding carboxylic acids is 4. The minimum Gasteiger partial charge on any atom is -0.444 e. The van der Waals surface area contributed by atoms with Crippen LogP contribution in [0, 0.1) is 38.2 Å². The Hall–Kier alpha value is -9.37. The number of nitrogens with zero attached hydrogens (tertiary/aromatic N) is 15. The first-order valence-electron chi connectivity index (χ1n) is 26.8. The van der Waals surface area contributed by atoms with Crippen LogP contribution in [0.2, 0.25) is 5.15 Å². The van der Waals surface area contributed by atoms with Gasteiger partial charge in [0.1, 0.15) is 39.5 Å². The van der Waals surface area contributed by atoms with Gasteiger partial charge in [0.05, 0.1) is 71.3 Å². The molecule has 0 radical (unpaired) electrons. The normalized spacial score (nSPS) is 15.3. The van der Waals surface area contributed by atoms with Gasteiger partial charge in [0.15, 0.2) is 34.4 Å². The molecule has 2 atom stereocenters. The highest BCUT2D eigenvalue weighted by Crippen LogP contribution is 2.24. The number of anilines is 5. The topological polar surface area (TPSA) is 265 Å². The van der Waals surface area contributed by atoms with Crippen molar-refractivity contribution in [2.24, 2.45) is 0 Å². The van der Waals surface area contributed by atoms with Crippen molar-refractivity contribution in [3.05, 3.63) is 149 Å². The lowest BCUT2D eigenvalue weighted by Crippen LogP contribution is -2.55. The van der Waals surface area contributed by atoms with Crippen LogP contribution in [0.1, 0.15) is 96.0 Å². The van der Waals surface area contributed by atoms with Crippen LogP contribution in [0.5, 0.6) is 0 Å². The van der Waals surface area contributed by atoms with Gasteiger partial charge >= 0.3 is 6.09 Å². The second-order valence-corrected chi connectivity index (χ2v) is 21.2. The van der Waals surface area contributed by atoms with Gasteiger partial charge in [-0.25, -0.2) is 62.8 Å². The lowest BCUT2D eigenvalue weighted by atomic mass is 10.1. The third-order valence-electron chi connectivity index (χ3n) is 13.3. The summed E-state index contributed by atoms with van der Waals surface area (Å²) in [6.07, 6.45) is 19.8. The Morgan fingerprint density at radius 2 is 1.00 bits per heavy atom. The Morgan fingerprint density at radius 1 is 0.583 bits per heavy atom. The number of hydrogen-bond donors (Lipinski definition) is 4. The number of imidazole rings is 3. The number of fused-ring (bicyclic) bond motifs is 3. The van der Waals surface area contributed by atoms with Crippen LogP contribution in [-0.2, 0) is 4.74 Å². The number of carbonyl (C=O) groups is 4. The molecule has 84 heavy (non-hydrogen) atoms. The summed E-state index contributed by atoms with van der Waals surface area (Å²) in [7, 11) is 0. The van der Waals surface area contributed by atoms with E-state index < -0.39 is 40.8 Å². The lowest BCUT2D eigenvalue weighted by molar-refractivity contribution is 0.0212. The number of ether oxygens (including phenoxy) is 1. The average molecular weight is 1170 g/mol. The largest absolute Gasteiger partial charge is 0.444 e. The molecule has 9 aromatic heterocycles. The molecule has 4 amide bonds. The second kappa shape index (κ2) is 25.4.